The number of fused-ring (bicyclic) bond motifs is 1. The molecule has 0 fully saturated rings. The minimum absolute atomic E-state index is 0.598. The van der Waals surface area contributed by atoms with Gasteiger partial charge in [-0.3, -0.25) is 0 Å². The summed E-state index contributed by atoms with van der Waals surface area (Å²) in [5, 5.41) is 1.01. The predicted molar refractivity (Wildman–Crippen MR) is 114 cm³/mol. The Balaban J connectivity index is 1.97. The van der Waals surface area contributed by atoms with Gasteiger partial charge in [-0.15, -0.1) is 0 Å². The molecule has 0 saturated heterocycles. The van der Waals surface area contributed by atoms with Crippen molar-refractivity contribution in [2.45, 2.75) is 27.2 Å². The lowest BCUT2D eigenvalue weighted by Crippen LogP contribution is -1.96. The van der Waals surface area contributed by atoms with Crippen LogP contribution in [0.5, 0.6) is 0 Å². The van der Waals surface area contributed by atoms with Crippen molar-refractivity contribution >= 4 is 10.9 Å². The first-order valence-electron chi connectivity index (χ1n) is 9.27. The molecule has 0 amide bonds. The Morgan fingerprint density at radius 3 is 2.71 bits per heavy atom. The highest BCUT2D eigenvalue weighted by Gasteiger charge is 2.07. The van der Waals surface area contributed by atoms with Crippen LogP contribution in [0.25, 0.3) is 22.4 Å². The molecule has 4 heteroatoms. The summed E-state index contributed by atoms with van der Waals surface area (Å²) in [5.74, 6) is 7.86. The topological polar surface area (TPSA) is 47.9 Å². The SMILES string of the molecule is C/C=C(C#Cc1nc(-c2ncc3ccccc3n2)ccc1C)\C=C(/CC)OC. The third-order valence-corrected chi connectivity index (χ3v) is 4.38. The highest BCUT2D eigenvalue weighted by molar-refractivity contribution is 5.79. The van der Waals surface area contributed by atoms with Gasteiger partial charge in [-0.25, -0.2) is 15.0 Å². The van der Waals surface area contributed by atoms with Crippen LogP contribution in [0.1, 0.15) is 31.5 Å². The molecule has 0 aliphatic carbocycles. The van der Waals surface area contributed by atoms with E-state index in [1.807, 2.05) is 68.6 Å². The van der Waals surface area contributed by atoms with Crippen LogP contribution in [0.3, 0.4) is 0 Å². The number of nitrogens with zero attached hydrogens (tertiary/aromatic N) is 3. The van der Waals surface area contributed by atoms with Crippen molar-refractivity contribution in [1.82, 2.24) is 15.0 Å². The minimum atomic E-state index is 0.598. The van der Waals surface area contributed by atoms with Crippen LogP contribution in [0.4, 0.5) is 0 Å². The Kier molecular flexibility index (Phi) is 6.18. The van der Waals surface area contributed by atoms with E-state index < -0.39 is 0 Å². The number of hydrogen-bond acceptors (Lipinski definition) is 4. The number of rotatable bonds is 4. The van der Waals surface area contributed by atoms with Crippen LogP contribution in [0.2, 0.25) is 0 Å². The molecule has 0 unspecified atom stereocenters. The summed E-state index contributed by atoms with van der Waals surface area (Å²) >= 11 is 0. The molecule has 0 radical (unpaired) electrons. The van der Waals surface area contributed by atoms with Gasteiger partial charge in [-0.1, -0.05) is 43.2 Å². The molecule has 3 aromatic rings. The number of para-hydroxylation sites is 1. The number of allylic oxidation sites excluding steroid dienone is 4. The van der Waals surface area contributed by atoms with Crippen molar-refractivity contribution in [2.75, 3.05) is 7.11 Å². The van der Waals surface area contributed by atoms with Gasteiger partial charge in [-0.2, -0.15) is 0 Å². The molecule has 2 aromatic heterocycles. The molecular formula is C24H23N3O. The van der Waals surface area contributed by atoms with Gasteiger partial charge in [0.05, 0.1) is 18.4 Å². The summed E-state index contributed by atoms with van der Waals surface area (Å²) in [6.45, 7) is 6.01. The number of pyridine rings is 1. The van der Waals surface area contributed by atoms with E-state index in [2.05, 4.69) is 28.7 Å². The summed E-state index contributed by atoms with van der Waals surface area (Å²) in [6.07, 6.45) is 6.57. The summed E-state index contributed by atoms with van der Waals surface area (Å²) in [7, 11) is 1.68. The lowest BCUT2D eigenvalue weighted by molar-refractivity contribution is 0.280. The van der Waals surface area contributed by atoms with Gasteiger partial charge in [0.15, 0.2) is 5.82 Å². The fourth-order valence-electron chi connectivity index (χ4n) is 2.68. The van der Waals surface area contributed by atoms with Crippen LogP contribution in [-0.2, 0) is 4.74 Å². The first kappa shape index (κ1) is 19.3. The zero-order valence-corrected chi connectivity index (χ0v) is 16.7. The van der Waals surface area contributed by atoms with E-state index in [-0.39, 0.29) is 0 Å². The van der Waals surface area contributed by atoms with Gasteiger partial charge in [0.25, 0.3) is 0 Å². The van der Waals surface area contributed by atoms with E-state index in [1.54, 1.807) is 7.11 Å². The summed E-state index contributed by atoms with van der Waals surface area (Å²) < 4.78 is 5.34. The Bertz CT molecular complexity index is 1110. The monoisotopic (exact) mass is 369 g/mol. The first-order valence-corrected chi connectivity index (χ1v) is 9.27. The molecule has 3 rings (SSSR count). The number of aromatic nitrogens is 3. The van der Waals surface area contributed by atoms with Crippen molar-refractivity contribution in [3.8, 4) is 23.4 Å². The number of aryl methyl sites for hydroxylation is 1. The zero-order valence-electron chi connectivity index (χ0n) is 16.7. The first-order chi connectivity index (χ1) is 13.6. The highest BCUT2D eigenvalue weighted by Crippen LogP contribution is 2.18. The summed E-state index contributed by atoms with van der Waals surface area (Å²) in [5.41, 5.74) is 4.24. The van der Waals surface area contributed by atoms with E-state index >= 15 is 0 Å². The second-order valence-electron chi connectivity index (χ2n) is 6.28. The maximum absolute atomic E-state index is 5.34. The fourth-order valence-corrected chi connectivity index (χ4v) is 2.68. The number of hydrogen-bond donors (Lipinski definition) is 0. The van der Waals surface area contributed by atoms with Crippen molar-refractivity contribution in [1.29, 1.82) is 0 Å². The van der Waals surface area contributed by atoms with E-state index in [0.717, 1.165) is 39.9 Å². The van der Waals surface area contributed by atoms with Crippen LogP contribution in [-0.4, -0.2) is 22.1 Å². The molecule has 0 spiro atoms. The average molecular weight is 369 g/mol. The van der Waals surface area contributed by atoms with Gasteiger partial charge < -0.3 is 4.74 Å². The standard InChI is InChI=1S/C24H23N3O/c1-5-18(15-20(6-2)28-4)12-14-21-17(3)11-13-23(26-21)24-25-16-19-9-7-8-10-22(19)27-24/h5,7-11,13,15-16H,6H2,1-4H3/b18-5-,20-15+. The summed E-state index contributed by atoms with van der Waals surface area (Å²) in [6, 6.07) is 11.8. The predicted octanol–water partition coefficient (Wildman–Crippen LogP) is 5.24. The molecule has 140 valence electrons. The molecule has 28 heavy (non-hydrogen) atoms. The fraction of sp³-hybridized carbons (Fsp3) is 0.208. The van der Waals surface area contributed by atoms with Gasteiger partial charge in [-0.05, 0) is 43.5 Å². The van der Waals surface area contributed by atoms with E-state index in [9.17, 15) is 0 Å². The lowest BCUT2D eigenvalue weighted by Gasteiger charge is -2.04. The Hall–Kier alpha value is -3.45. The van der Waals surface area contributed by atoms with E-state index in [4.69, 9.17) is 9.72 Å². The summed E-state index contributed by atoms with van der Waals surface area (Å²) in [4.78, 5) is 13.8. The molecule has 4 nitrogen and oxygen atoms in total. The quantitative estimate of drug-likeness (QED) is 0.358. The maximum Gasteiger partial charge on any atom is 0.178 e. The smallest absolute Gasteiger partial charge is 0.178 e. The van der Waals surface area contributed by atoms with Crippen LogP contribution < -0.4 is 0 Å². The van der Waals surface area contributed by atoms with Gasteiger partial charge in [0, 0.05) is 23.6 Å². The van der Waals surface area contributed by atoms with Gasteiger partial charge in [0.2, 0.25) is 0 Å². The second-order valence-corrected chi connectivity index (χ2v) is 6.28. The Labute approximate surface area is 166 Å². The lowest BCUT2D eigenvalue weighted by atomic mass is 10.1. The minimum Gasteiger partial charge on any atom is -0.501 e. The van der Waals surface area contributed by atoms with E-state index in [0.29, 0.717) is 11.5 Å². The van der Waals surface area contributed by atoms with Crippen LogP contribution in [0, 0.1) is 18.8 Å². The highest BCUT2D eigenvalue weighted by atomic mass is 16.5. The third-order valence-electron chi connectivity index (χ3n) is 4.38. The zero-order chi connectivity index (χ0) is 19.9. The second kappa shape index (κ2) is 8.96. The van der Waals surface area contributed by atoms with E-state index in [1.165, 1.54) is 0 Å². The normalized spacial score (nSPS) is 11.9. The van der Waals surface area contributed by atoms with Crippen molar-refractivity contribution in [3.63, 3.8) is 0 Å². The van der Waals surface area contributed by atoms with Crippen LogP contribution in [0.15, 0.2) is 66.1 Å². The molecular weight excluding hydrogens is 346 g/mol. The molecule has 0 saturated carbocycles. The van der Waals surface area contributed by atoms with Crippen LogP contribution >= 0.6 is 0 Å². The largest absolute Gasteiger partial charge is 0.501 e. The molecule has 0 aliphatic heterocycles. The number of methoxy groups -OCH3 is 1. The van der Waals surface area contributed by atoms with Gasteiger partial charge in [0.1, 0.15) is 11.4 Å². The Morgan fingerprint density at radius 2 is 1.96 bits per heavy atom. The molecule has 1 aromatic carbocycles. The molecule has 0 aliphatic rings. The van der Waals surface area contributed by atoms with Gasteiger partial charge >= 0.3 is 0 Å². The third kappa shape index (κ3) is 4.44. The maximum atomic E-state index is 5.34. The number of benzene rings is 1. The van der Waals surface area contributed by atoms with Crippen molar-refractivity contribution in [3.05, 3.63) is 77.3 Å². The average Bonchev–Trinajstić information content (AvgIpc) is 2.74. The molecule has 0 N–H and O–H groups in total. The van der Waals surface area contributed by atoms with Crippen molar-refractivity contribution < 1.29 is 4.74 Å². The Morgan fingerprint density at radius 1 is 1.14 bits per heavy atom. The number of ether oxygens (including phenoxy) is 1. The van der Waals surface area contributed by atoms with Crippen molar-refractivity contribution in [2.24, 2.45) is 0 Å². The molecule has 0 atom stereocenters. The molecule has 2 heterocycles. The molecule has 0 bridgehead atoms.